The average Bonchev–Trinajstić information content (AvgIpc) is 3.69. The number of fused-ring (bicyclic) bond motifs is 2. The number of carbonyl (C=O) groups is 2. The van der Waals surface area contributed by atoms with Crippen molar-refractivity contribution in [2.45, 2.75) is 42.9 Å². The molecule has 2 aliphatic rings. The molecule has 0 bridgehead atoms. The Bertz CT molecular complexity index is 2110. The normalized spacial score (nSPS) is 20.4. The Morgan fingerprint density at radius 2 is 1.40 bits per heavy atom. The lowest BCUT2D eigenvalue weighted by atomic mass is 9.91. The van der Waals surface area contributed by atoms with Crippen LogP contribution in [0.1, 0.15) is 62.3 Å². The fourth-order valence-electron chi connectivity index (χ4n) is 6.69. The fourth-order valence-corrected chi connectivity index (χ4v) is 8.95. The molecular weight excluding hydrogens is 665 g/mol. The first-order valence-electron chi connectivity index (χ1n) is 16.6. The summed E-state index contributed by atoms with van der Waals surface area (Å²) in [5.41, 5.74) is 7.47. The van der Waals surface area contributed by atoms with Gasteiger partial charge in [0.15, 0.2) is 10.6 Å². The van der Waals surface area contributed by atoms with Crippen LogP contribution in [-0.2, 0) is 22.6 Å². The molecule has 2 aliphatic heterocycles. The third-order valence-corrected chi connectivity index (χ3v) is 11.8. The molecule has 2 amide bonds. The van der Waals surface area contributed by atoms with E-state index in [4.69, 9.17) is 14.5 Å². The molecule has 50 heavy (non-hydrogen) atoms. The van der Waals surface area contributed by atoms with Gasteiger partial charge in [0.05, 0.1) is 46.7 Å². The first kappa shape index (κ1) is 32.6. The number of nitrogens with zero attached hydrogens (tertiary/aromatic N) is 2. The van der Waals surface area contributed by atoms with Gasteiger partial charge in [-0.25, -0.2) is 4.98 Å². The Hall–Kier alpha value is -4.64. The largest absolute Gasteiger partial charge is 0.392 e. The molecule has 4 atom stereocenters. The number of thioether (sulfide) groups is 1. The molecule has 3 heterocycles. The van der Waals surface area contributed by atoms with E-state index in [0.717, 1.165) is 49.0 Å². The highest BCUT2D eigenvalue weighted by Gasteiger charge is 2.39. The Morgan fingerprint density at radius 3 is 2.10 bits per heavy atom. The summed E-state index contributed by atoms with van der Waals surface area (Å²) < 4.78 is 15.6. The smallest absolute Gasteiger partial charge is 0.261 e. The molecule has 9 heteroatoms. The van der Waals surface area contributed by atoms with E-state index < -0.39 is 6.29 Å². The van der Waals surface area contributed by atoms with Gasteiger partial charge in [-0.05, 0) is 52.1 Å². The monoisotopic (exact) mass is 698 g/mol. The minimum atomic E-state index is -0.600. The van der Waals surface area contributed by atoms with Crippen molar-refractivity contribution in [3.63, 3.8) is 0 Å². The number of para-hydroxylation sites is 1. The van der Waals surface area contributed by atoms with Crippen LogP contribution in [0.15, 0.2) is 126 Å². The molecule has 1 fully saturated rings. The van der Waals surface area contributed by atoms with E-state index in [2.05, 4.69) is 13.0 Å². The Balaban J connectivity index is 1.04. The number of aromatic nitrogens is 1. The molecule has 250 valence electrons. The zero-order valence-corrected chi connectivity index (χ0v) is 28.9. The van der Waals surface area contributed by atoms with Crippen LogP contribution in [0.4, 0.5) is 0 Å². The topological polar surface area (TPSA) is 89.0 Å². The second-order valence-electron chi connectivity index (χ2n) is 12.6. The minimum absolute atomic E-state index is 0.0116. The summed E-state index contributed by atoms with van der Waals surface area (Å²) in [6.45, 7) is 2.34. The second-order valence-corrected chi connectivity index (χ2v) is 14.9. The lowest BCUT2D eigenvalue weighted by Gasteiger charge is -2.41. The van der Waals surface area contributed by atoms with E-state index in [9.17, 15) is 14.7 Å². The van der Waals surface area contributed by atoms with Crippen molar-refractivity contribution >= 4 is 45.1 Å². The van der Waals surface area contributed by atoms with Crippen LogP contribution in [0.25, 0.3) is 21.3 Å². The van der Waals surface area contributed by atoms with E-state index >= 15 is 0 Å². The minimum Gasteiger partial charge on any atom is -0.392 e. The van der Waals surface area contributed by atoms with Gasteiger partial charge in [0.25, 0.3) is 11.8 Å². The molecular formula is C41H34N2O5S2. The van der Waals surface area contributed by atoms with Crippen molar-refractivity contribution < 1.29 is 24.2 Å². The highest BCUT2D eigenvalue weighted by Crippen LogP contribution is 2.44. The summed E-state index contributed by atoms with van der Waals surface area (Å²) >= 11 is 3.40. The lowest BCUT2D eigenvalue weighted by Crippen LogP contribution is -2.38. The summed E-state index contributed by atoms with van der Waals surface area (Å²) in [6, 6.07) is 39.1. The van der Waals surface area contributed by atoms with Gasteiger partial charge in [-0.3, -0.25) is 14.5 Å². The van der Waals surface area contributed by atoms with Crippen LogP contribution in [0.2, 0.25) is 0 Å². The second kappa shape index (κ2) is 13.9. The van der Waals surface area contributed by atoms with Crippen LogP contribution >= 0.6 is 23.1 Å². The van der Waals surface area contributed by atoms with E-state index in [1.54, 1.807) is 47.4 Å². The lowest BCUT2D eigenvalue weighted by molar-refractivity contribution is -0.268. The predicted octanol–water partition coefficient (Wildman–Crippen LogP) is 8.84. The number of benzene rings is 5. The van der Waals surface area contributed by atoms with E-state index in [-0.39, 0.29) is 43.1 Å². The zero-order chi connectivity index (χ0) is 34.2. The number of aliphatic hydroxyl groups excluding tert-OH is 1. The highest BCUT2D eigenvalue weighted by molar-refractivity contribution is 8.01. The Labute approximate surface area is 298 Å². The van der Waals surface area contributed by atoms with Gasteiger partial charge in [0.1, 0.15) is 0 Å². The van der Waals surface area contributed by atoms with Gasteiger partial charge >= 0.3 is 0 Å². The molecule has 1 N–H and O–H groups in total. The molecule has 8 rings (SSSR count). The van der Waals surface area contributed by atoms with Gasteiger partial charge in [0, 0.05) is 17.2 Å². The first-order valence-corrected chi connectivity index (χ1v) is 18.4. The summed E-state index contributed by atoms with van der Waals surface area (Å²) in [4.78, 5) is 32.4. The number of rotatable bonds is 9. The molecule has 0 radical (unpaired) electrons. The quantitative estimate of drug-likeness (QED) is 0.119. The highest BCUT2D eigenvalue weighted by atomic mass is 32.2. The average molecular weight is 699 g/mol. The number of imide groups is 1. The van der Waals surface area contributed by atoms with E-state index in [1.807, 2.05) is 91.0 Å². The van der Waals surface area contributed by atoms with Crippen molar-refractivity contribution in [3.8, 4) is 11.1 Å². The van der Waals surface area contributed by atoms with Gasteiger partial charge in [-0.1, -0.05) is 116 Å². The molecule has 7 nitrogen and oxygen atoms in total. The van der Waals surface area contributed by atoms with Crippen molar-refractivity contribution in [1.82, 2.24) is 9.88 Å². The number of carbonyl (C=O) groups excluding carboxylic acids is 2. The van der Waals surface area contributed by atoms with Crippen LogP contribution in [0.3, 0.4) is 0 Å². The Kier molecular flexibility index (Phi) is 9.07. The van der Waals surface area contributed by atoms with Gasteiger partial charge < -0.3 is 14.6 Å². The van der Waals surface area contributed by atoms with Gasteiger partial charge in [-0.2, -0.15) is 0 Å². The van der Waals surface area contributed by atoms with Crippen molar-refractivity contribution in [2.75, 3.05) is 5.75 Å². The van der Waals surface area contributed by atoms with Crippen LogP contribution in [0, 0.1) is 5.92 Å². The van der Waals surface area contributed by atoms with E-state index in [1.165, 1.54) is 9.60 Å². The van der Waals surface area contributed by atoms with Crippen LogP contribution in [0.5, 0.6) is 0 Å². The molecule has 0 unspecified atom stereocenters. The molecule has 0 saturated carbocycles. The molecule has 5 aromatic carbocycles. The number of aliphatic hydroxyl groups is 1. The number of thiazole rings is 1. The number of hydrogen-bond acceptors (Lipinski definition) is 8. The predicted molar refractivity (Wildman–Crippen MR) is 196 cm³/mol. The maximum Gasteiger partial charge on any atom is 0.261 e. The molecule has 0 aliphatic carbocycles. The van der Waals surface area contributed by atoms with Crippen molar-refractivity contribution in [3.05, 3.63) is 155 Å². The number of hydrogen-bond donors (Lipinski definition) is 1. The third kappa shape index (κ3) is 6.27. The van der Waals surface area contributed by atoms with Crippen LogP contribution < -0.4 is 0 Å². The fraction of sp³-hybridized carbons (Fsp3) is 0.195. The number of ether oxygens (including phenoxy) is 2. The summed E-state index contributed by atoms with van der Waals surface area (Å²) in [5.74, 6) is 0.234. The maximum absolute atomic E-state index is 13.1. The Morgan fingerprint density at radius 1 is 0.760 bits per heavy atom. The molecule has 1 aromatic heterocycles. The summed E-state index contributed by atoms with van der Waals surface area (Å²) in [7, 11) is 0. The summed E-state index contributed by atoms with van der Waals surface area (Å²) in [5, 5.41) is 9.62. The maximum atomic E-state index is 13.1. The van der Waals surface area contributed by atoms with Gasteiger partial charge in [-0.15, -0.1) is 11.3 Å². The van der Waals surface area contributed by atoms with Crippen molar-refractivity contribution in [2.24, 2.45) is 5.92 Å². The zero-order valence-electron chi connectivity index (χ0n) is 27.3. The molecule has 6 aromatic rings. The first-order chi connectivity index (χ1) is 24.5. The molecule has 1 saturated heterocycles. The molecule has 0 spiro atoms. The summed E-state index contributed by atoms with van der Waals surface area (Å²) in [6.07, 6.45) is -0.937. The SMILES string of the molecule is C[C@@H]1[C@H](CSc2nc3ccccc3s2)O[C@H](c2ccc(-c3ccccc3CN3C(=O)c4ccccc4C3=O)cc2)O[C@@H]1c1ccc(CO)cc1. The van der Waals surface area contributed by atoms with Gasteiger partial charge in [0.2, 0.25) is 0 Å². The van der Waals surface area contributed by atoms with Crippen molar-refractivity contribution in [1.29, 1.82) is 0 Å². The van der Waals surface area contributed by atoms with E-state index in [0.29, 0.717) is 11.1 Å². The third-order valence-electron chi connectivity index (χ3n) is 9.49. The van der Waals surface area contributed by atoms with Crippen LogP contribution in [-0.4, -0.2) is 38.7 Å². The number of amides is 2. The standard InChI is InChI=1S/C41H34N2O5S2/c1-25-35(24-49-41-42-34-12-6-7-13-36(34)50-41)47-40(48-37(25)28-16-14-26(23-44)15-17-28)29-20-18-27(19-21-29)31-9-3-2-8-30(31)22-43-38(45)32-10-4-5-11-33(32)39(43)46/h2-21,25,35,37,40,44H,22-24H2,1H3/t25-,35+,37+,40+/m1/s1.